The number of hydrogen-bond acceptors (Lipinski definition) is 5. The maximum atomic E-state index is 10.5. The van der Waals surface area contributed by atoms with Gasteiger partial charge in [-0.3, -0.25) is 9.88 Å². The van der Waals surface area contributed by atoms with Crippen molar-refractivity contribution in [3.8, 4) is 10.7 Å². The second kappa shape index (κ2) is 7.52. The van der Waals surface area contributed by atoms with Gasteiger partial charge in [-0.2, -0.15) is 0 Å². The maximum absolute atomic E-state index is 10.5. The Balaban J connectivity index is 1.50. The Bertz CT molecular complexity index is 639. The second-order valence-electron chi connectivity index (χ2n) is 5.75. The fourth-order valence-electron chi connectivity index (χ4n) is 2.79. The quantitative estimate of drug-likeness (QED) is 0.880. The molecule has 1 amide bonds. The molecule has 1 fully saturated rings. The Labute approximate surface area is 139 Å². The number of nitrogens with zero attached hydrogens (tertiary/aromatic N) is 3. The molecule has 0 radical (unpaired) electrons. The van der Waals surface area contributed by atoms with Crippen molar-refractivity contribution in [1.29, 1.82) is 0 Å². The summed E-state index contributed by atoms with van der Waals surface area (Å²) in [6, 6.07) is 5.85. The molecule has 0 aliphatic carbocycles. The number of piperidine rings is 1. The van der Waals surface area contributed by atoms with Crippen LogP contribution in [0, 0.1) is 5.92 Å². The number of pyridine rings is 1. The molecule has 1 aliphatic heterocycles. The van der Waals surface area contributed by atoms with Crippen LogP contribution >= 0.6 is 11.3 Å². The van der Waals surface area contributed by atoms with Gasteiger partial charge in [0.05, 0.1) is 5.69 Å². The molecule has 0 atom stereocenters. The van der Waals surface area contributed by atoms with E-state index in [9.17, 15) is 4.79 Å². The van der Waals surface area contributed by atoms with Crippen LogP contribution in [0.5, 0.6) is 0 Å². The Kier molecular flexibility index (Phi) is 5.19. The van der Waals surface area contributed by atoms with Crippen LogP contribution in [-0.4, -0.2) is 45.7 Å². The number of amides is 1. The van der Waals surface area contributed by atoms with Crippen molar-refractivity contribution in [2.24, 2.45) is 5.92 Å². The van der Waals surface area contributed by atoms with Gasteiger partial charge in [-0.15, -0.1) is 11.3 Å². The van der Waals surface area contributed by atoms with Crippen LogP contribution in [0.2, 0.25) is 0 Å². The molecule has 2 aromatic heterocycles. The summed E-state index contributed by atoms with van der Waals surface area (Å²) < 4.78 is 0. The van der Waals surface area contributed by atoms with Crippen molar-refractivity contribution >= 4 is 17.4 Å². The van der Waals surface area contributed by atoms with E-state index in [0.717, 1.165) is 43.2 Å². The molecule has 3 rings (SSSR count). The SMILES string of the molecule is O=C(O)NCC1CCN(Cc2cnc(-c3ccccn3)s2)CC1. The topological polar surface area (TPSA) is 78.4 Å². The molecule has 0 spiro atoms. The zero-order chi connectivity index (χ0) is 16.1. The Morgan fingerprint density at radius 3 is 2.87 bits per heavy atom. The van der Waals surface area contributed by atoms with Crippen LogP contribution in [0.3, 0.4) is 0 Å². The molecule has 7 heteroatoms. The molecular weight excluding hydrogens is 312 g/mol. The van der Waals surface area contributed by atoms with Crippen LogP contribution in [0.15, 0.2) is 30.6 Å². The average molecular weight is 332 g/mol. The van der Waals surface area contributed by atoms with Gasteiger partial charge in [-0.25, -0.2) is 9.78 Å². The van der Waals surface area contributed by atoms with Crippen LogP contribution in [0.1, 0.15) is 17.7 Å². The Morgan fingerprint density at radius 2 is 2.17 bits per heavy atom. The van der Waals surface area contributed by atoms with Crippen molar-refractivity contribution in [2.45, 2.75) is 19.4 Å². The van der Waals surface area contributed by atoms with E-state index < -0.39 is 6.09 Å². The second-order valence-corrected chi connectivity index (χ2v) is 6.87. The minimum Gasteiger partial charge on any atom is -0.465 e. The Hall–Kier alpha value is -1.99. The van der Waals surface area contributed by atoms with E-state index >= 15 is 0 Å². The fraction of sp³-hybridized carbons (Fsp3) is 0.438. The summed E-state index contributed by atoms with van der Waals surface area (Å²) in [4.78, 5) is 23.0. The van der Waals surface area contributed by atoms with E-state index in [4.69, 9.17) is 5.11 Å². The summed E-state index contributed by atoms with van der Waals surface area (Å²) in [7, 11) is 0. The molecule has 1 saturated heterocycles. The van der Waals surface area contributed by atoms with Crippen LogP contribution < -0.4 is 5.32 Å². The first kappa shape index (κ1) is 15.9. The van der Waals surface area contributed by atoms with Crippen molar-refractivity contribution in [3.63, 3.8) is 0 Å². The lowest BCUT2D eigenvalue weighted by Crippen LogP contribution is -2.37. The number of carboxylic acid groups (broad SMARTS) is 1. The Morgan fingerprint density at radius 1 is 1.35 bits per heavy atom. The highest BCUT2D eigenvalue weighted by molar-refractivity contribution is 7.14. The lowest BCUT2D eigenvalue weighted by atomic mass is 9.97. The first-order valence-electron chi connectivity index (χ1n) is 7.76. The predicted molar refractivity (Wildman–Crippen MR) is 89.4 cm³/mol. The number of rotatable bonds is 5. The molecule has 6 nitrogen and oxygen atoms in total. The molecule has 122 valence electrons. The molecule has 0 saturated carbocycles. The molecule has 2 aromatic rings. The number of aromatic nitrogens is 2. The lowest BCUT2D eigenvalue weighted by molar-refractivity contribution is 0.167. The number of thiazole rings is 1. The summed E-state index contributed by atoms with van der Waals surface area (Å²) >= 11 is 1.69. The molecule has 0 bridgehead atoms. The predicted octanol–water partition coefficient (Wildman–Crippen LogP) is 2.68. The van der Waals surface area contributed by atoms with E-state index in [-0.39, 0.29) is 0 Å². The highest BCUT2D eigenvalue weighted by Crippen LogP contribution is 2.25. The van der Waals surface area contributed by atoms with Gasteiger partial charge >= 0.3 is 6.09 Å². The normalized spacial score (nSPS) is 16.3. The summed E-state index contributed by atoms with van der Waals surface area (Å²) in [5.41, 5.74) is 0.919. The van der Waals surface area contributed by atoms with Crippen molar-refractivity contribution in [1.82, 2.24) is 20.2 Å². The first-order valence-corrected chi connectivity index (χ1v) is 8.57. The summed E-state index contributed by atoms with van der Waals surface area (Å²) in [5, 5.41) is 12.1. The highest BCUT2D eigenvalue weighted by atomic mass is 32.1. The van der Waals surface area contributed by atoms with Gasteiger partial charge in [-0.1, -0.05) is 6.07 Å². The molecule has 2 N–H and O–H groups in total. The van der Waals surface area contributed by atoms with Gasteiger partial charge < -0.3 is 10.4 Å². The van der Waals surface area contributed by atoms with Gasteiger partial charge in [0.2, 0.25) is 0 Å². The number of hydrogen-bond donors (Lipinski definition) is 2. The fourth-order valence-corrected chi connectivity index (χ4v) is 3.72. The molecule has 3 heterocycles. The number of nitrogens with one attached hydrogen (secondary N) is 1. The standard InChI is InChI=1S/C16H20N4O2S/c21-16(22)19-9-12-4-7-20(8-5-12)11-13-10-18-15(23-13)14-3-1-2-6-17-14/h1-3,6,10,12,19H,4-5,7-9,11H2,(H,21,22). The summed E-state index contributed by atoms with van der Waals surface area (Å²) in [6.07, 6.45) is 4.86. The molecule has 0 aromatic carbocycles. The average Bonchev–Trinajstić information content (AvgIpc) is 3.03. The largest absolute Gasteiger partial charge is 0.465 e. The number of likely N-dealkylation sites (tertiary alicyclic amines) is 1. The van der Waals surface area contributed by atoms with E-state index in [2.05, 4.69) is 20.2 Å². The number of carbonyl (C=O) groups is 1. The zero-order valence-corrected chi connectivity index (χ0v) is 13.6. The molecule has 0 unspecified atom stereocenters. The van der Waals surface area contributed by atoms with E-state index in [0.29, 0.717) is 12.5 Å². The third-order valence-electron chi connectivity index (χ3n) is 4.07. The minimum atomic E-state index is -0.931. The van der Waals surface area contributed by atoms with E-state index in [1.807, 2.05) is 24.4 Å². The summed E-state index contributed by atoms with van der Waals surface area (Å²) in [5.74, 6) is 0.452. The van der Waals surface area contributed by atoms with Crippen LogP contribution in [0.25, 0.3) is 10.7 Å². The van der Waals surface area contributed by atoms with Gasteiger partial charge in [0.1, 0.15) is 5.01 Å². The monoisotopic (exact) mass is 332 g/mol. The molecule has 1 aliphatic rings. The van der Waals surface area contributed by atoms with Crippen molar-refractivity contribution in [2.75, 3.05) is 19.6 Å². The van der Waals surface area contributed by atoms with Crippen LogP contribution in [-0.2, 0) is 6.54 Å². The van der Waals surface area contributed by atoms with Gasteiger partial charge in [0.15, 0.2) is 0 Å². The van der Waals surface area contributed by atoms with Crippen LogP contribution in [0.4, 0.5) is 4.79 Å². The maximum Gasteiger partial charge on any atom is 0.404 e. The smallest absolute Gasteiger partial charge is 0.404 e. The minimum absolute atomic E-state index is 0.452. The first-order chi connectivity index (χ1) is 11.2. The van der Waals surface area contributed by atoms with E-state index in [1.165, 1.54) is 4.88 Å². The zero-order valence-electron chi connectivity index (χ0n) is 12.8. The van der Waals surface area contributed by atoms with E-state index in [1.54, 1.807) is 17.5 Å². The van der Waals surface area contributed by atoms with Crippen molar-refractivity contribution in [3.05, 3.63) is 35.5 Å². The van der Waals surface area contributed by atoms with Gasteiger partial charge in [-0.05, 0) is 44.0 Å². The summed E-state index contributed by atoms with van der Waals surface area (Å²) in [6.45, 7) is 3.47. The van der Waals surface area contributed by atoms with Crippen molar-refractivity contribution < 1.29 is 9.90 Å². The molecule has 23 heavy (non-hydrogen) atoms. The van der Waals surface area contributed by atoms with Gasteiger partial charge in [0.25, 0.3) is 0 Å². The molecular formula is C16H20N4O2S. The third kappa shape index (κ3) is 4.49. The third-order valence-corrected chi connectivity index (χ3v) is 5.07. The highest BCUT2D eigenvalue weighted by Gasteiger charge is 2.20. The lowest BCUT2D eigenvalue weighted by Gasteiger charge is -2.31. The van der Waals surface area contributed by atoms with Gasteiger partial charge in [0, 0.05) is 30.4 Å².